The maximum Gasteiger partial charge on any atom is 0.271 e. The number of anilines is 3. The largest absolute Gasteiger partial charge is 0.481 e. The van der Waals surface area contributed by atoms with Crippen molar-refractivity contribution in [2.75, 3.05) is 17.7 Å². The molecule has 0 saturated heterocycles. The van der Waals surface area contributed by atoms with Crippen LogP contribution in [0.25, 0.3) is 0 Å². The second-order valence-corrected chi connectivity index (χ2v) is 6.26. The number of carbonyl (C=O) groups excluding carboxylic acids is 2. The van der Waals surface area contributed by atoms with Crippen molar-refractivity contribution in [2.24, 2.45) is 17.4 Å². The smallest absolute Gasteiger partial charge is 0.271 e. The summed E-state index contributed by atoms with van der Waals surface area (Å²) in [6, 6.07) is 2.73. The number of hydrogen-bond donors (Lipinski definition) is 4. The first-order valence-corrected chi connectivity index (χ1v) is 8.30. The Labute approximate surface area is 156 Å². The monoisotopic (exact) mass is 373 g/mol. The van der Waals surface area contributed by atoms with Crippen molar-refractivity contribution in [1.29, 1.82) is 0 Å². The van der Waals surface area contributed by atoms with E-state index in [0.29, 0.717) is 18.0 Å². The molecular formula is C17H23N7O3. The molecule has 0 aliphatic rings. The number of ether oxygens (including phenoxy) is 1. The van der Waals surface area contributed by atoms with Crippen LogP contribution in [0.5, 0.6) is 5.88 Å². The molecule has 0 bridgehead atoms. The van der Waals surface area contributed by atoms with Crippen LogP contribution in [-0.4, -0.2) is 39.9 Å². The quantitative estimate of drug-likeness (QED) is 0.507. The zero-order valence-corrected chi connectivity index (χ0v) is 15.4. The highest BCUT2D eigenvalue weighted by molar-refractivity contribution is 5.96. The number of methoxy groups -OCH3 is 1. The first kappa shape index (κ1) is 19.9. The lowest BCUT2D eigenvalue weighted by Gasteiger charge is -2.18. The number of nitrogens with two attached hydrogens (primary N) is 2. The van der Waals surface area contributed by atoms with Crippen molar-refractivity contribution in [3.8, 4) is 5.88 Å². The predicted octanol–water partition coefficient (Wildman–Crippen LogP) is 1.03. The van der Waals surface area contributed by atoms with Gasteiger partial charge in [0.25, 0.3) is 5.91 Å². The van der Waals surface area contributed by atoms with Crippen molar-refractivity contribution in [3.05, 3.63) is 30.2 Å². The number of pyridine rings is 1. The van der Waals surface area contributed by atoms with Crippen LogP contribution in [-0.2, 0) is 4.79 Å². The Morgan fingerprint density at radius 3 is 2.44 bits per heavy atom. The summed E-state index contributed by atoms with van der Waals surface area (Å²) in [6.07, 6.45) is 3.37. The zero-order valence-electron chi connectivity index (χ0n) is 15.4. The molecule has 2 aromatic heterocycles. The second-order valence-electron chi connectivity index (χ2n) is 6.26. The van der Waals surface area contributed by atoms with Crippen LogP contribution in [0.4, 0.5) is 17.3 Å². The highest BCUT2D eigenvalue weighted by Crippen LogP contribution is 2.21. The molecule has 1 atom stereocenters. The van der Waals surface area contributed by atoms with E-state index in [0.717, 1.165) is 0 Å². The fourth-order valence-corrected chi connectivity index (χ4v) is 2.33. The molecule has 0 aromatic carbocycles. The molecule has 1 unspecified atom stereocenters. The maximum absolute atomic E-state index is 11.7. The minimum atomic E-state index is -0.744. The summed E-state index contributed by atoms with van der Waals surface area (Å²) in [7, 11) is 1.51. The topological polar surface area (TPSA) is 158 Å². The molecule has 2 rings (SSSR count). The van der Waals surface area contributed by atoms with E-state index in [-0.39, 0.29) is 23.2 Å². The molecule has 10 nitrogen and oxygen atoms in total. The third-order valence-corrected chi connectivity index (χ3v) is 3.59. The normalized spacial score (nSPS) is 11.7. The molecule has 0 radical (unpaired) electrons. The van der Waals surface area contributed by atoms with Crippen molar-refractivity contribution in [1.82, 2.24) is 15.0 Å². The van der Waals surface area contributed by atoms with E-state index < -0.39 is 17.9 Å². The van der Waals surface area contributed by atoms with Crippen LogP contribution in [0.3, 0.4) is 0 Å². The lowest BCUT2D eigenvalue weighted by Crippen LogP contribution is -2.37. The van der Waals surface area contributed by atoms with Gasteiger partial charge in [0.2, 0.25) is 11.8 Å². The number of aromatic nitrogens is 3. The van der Waals surface area contributed by atoms with Crippen molar-refractivity contribution >= 4 is 29.1 Å². The molecule has 0 saturated carbocycles. The van der Waals surface area contributed by atoms with Crippen LogP contribution >= 0.6 is 0 Å². The van der Waals surface area contributed by atoms with Gasteiger partial charge in [0.05, 0.1) is 25.2 Å². The van der Waals surface area contributed by atoms with Gasteiger partial charge in [-0.2, -0.15) is 0 Å². The third-order valence-electron chi connectivity index (χ3n) is 3.59. The molecule has 2 heterocycles. The van der Waals surface area contributed by atoms with E-state index in [4.69, 9.17) is 16.2 Å². The Morgan fingerprint density at radius 1 is 1.19 bits per heavy atom. The van der Waals surface area contributed by atoms with E-state index in [1.54, 1.807) is 12.1 Å². The van der Waals surface area contributed by atoms with E-state index >= 15 is 0 Å². The number of hydrogen-bond acceptors (Lipinski definition) is 8. The average molecular weight is 373 g/mol. The fourth-order valence-electron chi connectivity index (χ4n) is 2.33. The Morgan fingerprint density at radius 2 is 1.93 bits per heavy atom. The molecule has 0 aliphatic heterocycles. The highest BCUT2D eigenvalue weighted by atomic mass is 16.5. The standard InChI is InChI=1S/C17H23N7O3/c1-9(2)6-11(15(18)25)23-12-8-21-14(16(19)26)17(24-12)22-10-4-5-13(27-3)20-7-10/h4-5,7-9,11H,6H2,1-3H3,(H2,18,25)(H2,19,26)(H2,22,23,24). The summed E-state index contributed by atoms with van der Waals surface area (Å²) >= 11 is 0. The Kier molecular flexibility index (Phi) is 6.47. The lowest BCUT2D eigenvalue weighted by molar-refractivity contribution is -0.119. The van der Waals surface area contributed by atoms with E-state index in [1.165, 1.54) is 19.5 Å². The van der Waals surface area contributed by atoms with Crippen LogP contribution in [0.2, 0.25) is 0 Å². The molecule has 2 amide bonds. The number of nitrogens with one attached hydrogen (secondary N) is 2. The van der Waals surface area contributed by atoms with E-state index in [2.05, 4.69) is 25.6 Å². The molecule has 0 fully saturated rings. The van der Waals surface area contributed by atoms with Gasteiger partial charge in [-0.1, -0.05) is 13.8 Å². The summed E-state index contributed by atoms with van der Waals surface area (Å²) in [5, 5.41) is 5.88. The van der Waals surface area contributed by atoms with Gasteiger partial charge in [0.15, 0.2) is 11.5 Å². The molecule has 2 aromatic rings. The number of rotatable bonds is 9. The second kappa shape index (κ2) is 8.79. The van der Waals surface area contributed by atoms with Gasteiger partial charge in [-0.25, -0.2) is 15.0 Å². The van der Waals surface area contributed by atoms with Crippen LogP contribution in [0.15, 0.2) is 24.5 Å². The average Bonchev–Trinajstić information content (AvgIpc) is 2.61. The summed E-state index contributed by atoms with van der Waals surface area (Å²) in [5.74, 6) is -0.142. The van der Waals surface area contributed by atoms with Gasteiger partial charge in [0, 0.05) is 6.07 Å². The molecule has 27 heavy (non-hydrogen) atoms. The van der Waals surface area contributed by atoms with Crippen LogP contribution < -0.4 is 26.8 Å². The first-order chi connectivity index (χ1) is 12.8. The summed E-state index contributed by atoms with van der Waals surface area (Å²) in [5.41, 5.74) is 11.3. The molecular weight excluding hydrogens is 350 g/mol. The van der Waals surface area contributed by atoms with Crippen LogP contribution in [0, 0.1) is 5.92 Å². The number of amides is 2. The Hall–Kier alpha value is -3.43. The van der Waals surface area contributed by atoms with Gasteiger partial charge < -0.3 is 26.8 Å². The van der Waals surface area contributed by atoms with Crippen LogP contribution in [0.1, 0.15) is 30.8 Å². The van der Waals surface area contributed by atoms with Crippen molar-refractivity contribution in [2.45, 2.75) is 26.3 Å². The third kappa shape index (κ3) is 5.53. The summed E-state index contributed by atoms with van der Waals surface area (Å²) in [6.45, 7) is 3.95. The number of primary amides is 2. The van der Waals surface area contributed by atoms with Crippen molar-refractivity contribution in [3.63, 3.8) is 0 Å². The van der Waals surface area contributed by atoms with Gasteiger partial charge in [-0.3, -0.25) is 9.59 Å². The molecule has 10 heteroatoms. The Balaban J connectivity index is 2.29. The SMILES string of the molecule is COc1ccc(Nc2nc(NC(CC(C)C)C(N)=O)cnc2C(N)=O)cn1. The van der Waals surface area contributed by atoms with Gasteiger partial charge >= 0.3 is 0 Å². The van der Waals surface area contributed by atoms with Gasteiger partial charge in [-0.05, 0) is 18.4 Å². The van der Waals surface area contributed by atoms with E-state index in [1.807, 2.05) is 13.8 Å². The maximum atomic E-state index is 11.7. The van der Waals surface area contributed by atoms with Gasteiger partial charge in [-0.15, -0.1) is 0 Å². The van der Waals surface area contributed by atoms with Gasteiger partial charge in [0.1, 0.15) is 11.9 Å². The molecule has 6 N–H and O–H groups in total. The molecule has 0 spiro atoms. The fraction of sp³-hybridized carbons (Fsp3) is 0.353. The highest BCUT2D eigenvalue weighted by Gasteiger charge is 2.19. The first-order valence-electron chi connectivity index (χ1n) is 8.30. The molecule has 144 valence electrons. The van der Waals surface area contributed by atoms with Crippen molar-refractivity contribution < 1.29 is 14.3 Å². The molecule has 0 aliphatic carbocycles. The minimum absolute atomic E-state index is 0.0455. The summed E-state index contributed by atoms with van der Waals surface area (Å²) in [4.78, 5) is 35.7. The number of nitrogens with zero attached hydrogens (tertiary/aromatic N) is 3. The number of carbonyl (C=O) groups is 2. The lowest BCUT2D eigenvalue weighted by atomic mass is 10.0. The summed E-state index contributed by atoms with van der Waals surface area (Å²) < 4.78 is 5.00. The predicted molar refractivity (Wildman–Crippen MR) is 101 cm³/mol. The zero-order chi connectivity index (χ0) is 20.0. The Bertz CT molecular complexity index is 809. The van der Waals surface area contributed by atoms with E-state index in [9.17, 15) is 9.59 Å². The minimum Gasteiger partial charge on any atom is -0.481 e.